The molecule has 1 heterocycles. The van der Waals surface area contributed by atoms with Gasteiger partial charge >= 0.3 is 0 Å². The Morgan fingerprint density at radius 2 is 2.00 bits per heavy atom. The van der Waals surface area contributed by atoms with Crippen LogP contribution in [0.4, 0.5) is 0 Å². The van der Waals surface area contributed by atoms with Crippen LogP contribution in [0.5, 0.6) is 0 Å². The number of benzene rings is 1. The summed E-state index contributed by atoms with van der Waals surface area (Å²) in [5.74, 6) is 0. The zero-order valence-corrected chi connectivity index (χ0v) is 13.1. The van der Waals surface area contributed by atoms with Gasteiger partial charge in [-0.25, -0.2) is 0 Å². The fourth-order valence-corrected chi connectivity index (χ4v) is 3.01. The molecule has 0 radical (unpaired) electrons. The molecule has 0 amide bonds. The fraction of sp³-hybridized carbons (Fsp3) is 0.471. The SMILES string of the molecule is CCn1nc(C)cc1CC(CN)(CO)c1ccccc1C. The van der Waals surface area contributed by atoms with Crippen molar-refractivity contribution < 1.29 is 5.11 Å². The number of aliphatic hydroxyl groups excluding tert-OH is 1. The molecule has 21 heavy (non-hydrogen) atoms. The summed E-state index contributed by atoms with van der Waals surface area (Å²) in [7, 11) is 0. The molecule has 1 aromatic heterocycles. The number of aliphatic hydroxyl groups is 1. The second kappa shape index (κ2) is 6.41. The van der Waals surface area contributed by atoms with Crippen molar-refractivity contribution in [3.8, 4) is 0 Å². The molecule has 3 N–H and O–H groups in total. The summed E-state index contributed by atoms with van der Waals surface area (Å²) >= 11 is 0. The van der Waals surface area contributed by atoms with Crippen LogP contribution >= 0.6 is 0 Å². The molecule has 2 aromatic rings. The third-order valence-electron chi connectivity index (χ3n) is 4.21. The van der Waals surface area contributed by atoms with Crippen molar-refractivity contribution in [2.24, 2.45) is 5.73 Å². The highest BCUT2D eigenvalue weighted by Gasteiger charge is 2.33. The molecule has 0 aliphatic rings. The smallest absolute Gasteiger partial charge is 0.0596 e. The summed E-state index contributed by atoms with van der Waals surface area (Å²) in [6.45, 7) is 7.39. The third-order valence-corrected chi connectivity index (χ3v) is 4.21. The summed E-state index contributed by atoms with van der Waals surface area (Å²) in [5, 5.41) is 14.6. The molecule has 0 saturated heterocycles. The lowest BCUT2D eigenvalue weighted by atomic mass is 9.75. The Morgan fingerprint density at radius 1 is 1.29 bits per heavy atom. The van der Waals surface area contributed by atoms with Gasteiger partial charge in [-0.05, 0) is 38.0 Å². The Balaban J connectivity index is 2.45. The molecule has 1 atom stereocenters. The van der Waals surface area contributed by atoms with Crippen LogP contribution in [0.1, 0.15) is 29.4 Å². The zero-order chi connectivity index (χ0) is 15.5. The minimum absolute atomic E-state index is 0.0301. The number of hydrogen-bond acceptors (Lipinski definition) is 3. The third kappa shape index (κ3) is 3.01. The Morgan fingerprint density at radius 3 is 2.57 bits per heavy atom. The van der Waals surface area contributed by atoms with Gasteiger partial charge in [0.1, 0.15) is 0 Å². The van der Waals surface area contributed by atoms with E-state index in [4.69, 9.17) is 5.73 Å². The van der Waals surface area contributed by atoms with Crippen molar-refractivity contribution in [2.75, 3.05) is 13.2 Å². The largest absolute Gasteiger partial charge is 0.395 e. The molecular weight excluding hydrogens is 262 g/mol. The molecule has 114 valence electrons. The molecule has 0 aliphatic heterocycles. The van der Waals surface area contributed by atoms with Crippen LogP contribution in [0.2, 0.25) is 0 Å². The predicted octanol–water partition coefficient (Wildman–Crippen LogP) is 1.95. The average Bonchev–Trinajstić information content (AvgIpc) is 2.85. The summed E-state index contributed by atoms with van der Waals surface area (Å²) in [6, 6.07) is 10.2. The first-order chi connectivity index (χ1) is 10.1. The molecule has 1 unspecified atom stereocenters. The van der Waals surface area contributed by atoms with E-state index < -0.39 is 5.41 Å². The molecule has 4 heteroatoms. The van der Waals surface area contributed by atoms with Gasteiger partial charge in [-0.15, -0.1) is 0 Å². The van der Waals surface area contributed by atoms with Crippen molar-refractivity contribution in [2.45, 2.75) is 39.2 Å². The van der Waals surface area contributed by atoms with Gasteiger partial charge in [0.15, 0.2) is 0 Å². The highest BCUT2D eigenvalue weighted by Crippen LogP contribution is 2.30. The highest BCUT2D eigenvalue weighted by atomic mass is 16.3. The van der Waals surface area contributed by atoms with Gasteiger partial charge < -0.3 is 10.8 Å². The van der Waals surface area contributed by atoms with E-state index >= 15 is 0 Å². The standard InChI is InChI=1S/C17H25N3O/c1-4-20-15(9-14(3)19-20)10-17(11-18,12-21)16-8-6-5-7-13(16)2/h5-9,21H,4,10-12,18H2,1-3H3. The highest BCUT2D eigenvalue weighted by molar-refractivity contribution is 5.36. The second-order valence-electron chi connectivity index (χ2n) is 5.73. The number of nitrogens with zero attached hydrogens (tertiary/aromatic N) is 2. The van der Waals surface area contributed by atoms with Crippen molar-refractivity contribution in [1.29, 1.82) is 0 Å². The first kappa shape index (κ1) is 15.7. The van der Waals surface area contributed by atoms with Gasteiger partial charge in [-0.2, -0.15) is 5.10 Å². The van der Waals surface area contributed by atoms with Crippen molar-refractivity contribution >= 4 is 0 Å². The molecule has 0 spiro atoms. The summed E-state index contributed by atoms with van der Waals surface area (Å²) in [5.41, 5.74) is 10.0. The van der Waals surface area contributed by atoms with Crippen LogP contribution in [-0.2, 0) is 18.4 Å². The molecule has 0 saturated carbocycles. The van der Waals surface area contributed by atoms with Crippen LogP contribution in [-0.4, -0.2) is 28.0 Å². The zero-order valence-electron chi connectivity index (χ0n) is 13.1. The Bertz CT molecular complexity index is 600. The molecule has 1 aromatic carbocycles. The molecular formula is C17H25N3O. The van der Waals surface area contributed by atoms with Crippen molar-refractivity contribution in [3.05, 3.63) is 52.8 Å². The van der Waals surface area contributed by atoms with Gasteiger partial charge in [-0.3, -0.25) is 4.68 Å². The van der Waals surface area contributed by atoms with E-state index in [0.717, 1.165) is 29.1 Å². The second-order valence-corrected chi connectivity index (χ2v) is 5.73. The lowest BCUT2D eigenvalue weighted by Crippen LogP contribution is -2.42. The number of aryl methyl sites for hydroxylation is 3. The number of hydrogen-bond donors (Lipinski definition) is 2. The van der Waals surface area contributed by atoms with E-state index in [2.05, 4.69) is 37.1 Å². The monoisotopic (exact) mass is 287 g/mol. The first-order valence-corrected chi connectivity index (χ1v) is 7.46. The van der Waals surface area contributed by atoms with Gasteiger partial charge in [0, 0.05) is 30.6 Å². The van der Waals surface area contributed by atoms with E-state index in [0.29, 0.717) is 13.0 Å². The number of nitrogens with two attached hydrogens (primary N) is 1. The Kier molecular flexibility index (Phi) is 4.80. The summed E-state index contributed by atoms with van der Waals surface area (Å²) < 4.78 is 1.99. The topological polar surface area (TPSA) is 64.1 Å². The van der Waals surface area contributed by atoms with Crippen LogP contribution in [0.15, 0.2) is 30.3 Å². The van der Waals surface area contributed by atoms with Gasteiger partial charge in [-0.1, -0.05) is 24.3 Å². The maximum Gasteiger partial charge on any atom is 0.0596 e. The summed E-state index contributed by atoms with van der Waals surface area (Å²) in [6.07, 6.45) is 0.694. The normalized spacial score (nSPS) is 14.1. The van der Waals surface area contributed by atoms with Crippen molar-refractivity contribution in [1.82, 2.24) is 9.78 Å². The number of rotatable bonds is 6. The quantitative estimate of drug-likeness (QED) is 0.853. The average molecular weight is 287 g/mol. The fourth-order valence-electron chi connectivity index (χ4n) is 3.01. The van der Waals surface area contributed by atoms with Crippen LogP contribution < -0.4 is 5.73 Å². The van der Waals surface area contributed by atoms with E-state index in [1.54, 1.807) is 0 Å². The Hall–Kier alpha value is -1.65. The van der Waals surface area contributed by atoms with E-state index in [1.807, 2.05) is 23.7 Å². The Labute approximate surface area is 126 Å². The van der Waals surface area contributed by atoms with E-state index in [9.17, 15) is 5.11 Å². The molecule has 0 bridgehead atoms. The maximum absolute atomic E-state index is 10.1. The number of aromatic nitrogens is 2. The molecule has 4 nitrogen and oxygen atoms in total. The van der Waals surface area contributed by atoms with Crippen LogP contribution in [0.3, 0.4) is 0 Å². The van der Waals surface area contributed by atoms with E-state index in [-0.39, 0.29) is 6.61 Å². The molecule has 2 rings (SSSR count). The van der Waals surface area contributed by atoms with Crippen molar-refractivity contribution in [3.63, 3.8) is 0 Å². The van der Waals surface area contributed by atoms with Gasteiger partial charge in [0.25, 0.3) is 0 Å². The minimum atomic E-state index is -0.454. The maximum atomic E-state index is 10.1. The lowest BCUT2D eigenvalue weighted by Gasteiger charge is -2.32. The van der Waals surface area contributed by atoms with Gasteiger partial charge in [0.05, 0.1) is 12.3 Å². The summed E-state index contributed by atoms with van der Waals surface area (Å²) in [4.78, 5) is 0. The van der Waals surface area contributed by atoms with Gasteiger partial charge in [0.2, 0.25) is 0 Å². The minimum Gasteiger partial charge on any atom is -0.395 e. The predicted molar refractivity (Wildman–Crippen MR) is 85.3 cm³/mol. The molecule has 0 aliphatic carbocycles. The van der Waals surface area contributed by atoms with Crippen LogP contribution in [0.25, 0.3) is 0 Å². The van der Waals surface area contributed by atoms with Crippen LogP contribution in [0, 0.1) is 13.8 Å². The molecule has 0 fully saturated rings. The lowest BCUT2D eigenvalue weighted by molar-refractivity contribution is 0.193. The van der Waals surface area contributed by atoms with E-state index in [1.165, 1.54) is 0 Å². The first-order valence-electron chi connectivity index (χ1n) is 7.46.